The number of rotatable bonds is 3. The van der Waals surface area contributed by atoms with Crippen LogP contribution in [-0.2, 0) is 5.75 Å². The molecule has 2 rings (SSSR count). The van der Waals surface area contributed by atoms with Gasteiger partial charge in [-0.15, -0.1) is 11.8 Å². The summed E-state index contributed by atoms with van der Waals surface area (Å²) in [4.78, 5) is 0.918. The van der Waals surface area contributed by atoms with Crippen LogP contribution in [-0.4, -0.2) is 6.54 Å². The number of nitrogens with two attached hydrogens (primary N) is 1. The Labute approximate surface area is 117 Å². The van der Waals surface area contributed by atoms with E-state index in [0.717, 1.165) is 21.8 Å². The highest BCUT2D eigenvalue weighted by Gasteiger charge is 2.01. The van der Waals surface area contributed by atoms with E-state index in [-0.39, 0.29) is 5.82 Å². The smallest absolute Gasteiger partial charge is 0.124 e. The van der Waals surface area contributed by atoms with Crippen LogP contribution in [0.5, 0.6) is 0 Å². The second-order valence-electron chi connectivity index (χ2n) is 3.91. The van der Waals surface area contributed by atoms with Crippen molar-refractivity contribution in [1.29, 1.82) is 0 Å². The van der Waals surface area contributed by atoms with Gasteiger partial charge in [-0.1, -0.05) is 36.1 Å². The van der Waals surface area contributed by atoms with E-state index in [1.807, 2.05) is 30.3 Å². The third kappa shape index (κ3) is 4.13. The predicted molar refractivity (Wildman–Crippen MR) is 78.3 cm³/mol. The summed E-state index contributed by atoms with van der Waals surface area (Å²) >= 11 is 1.60. The largest absolute Gasteiger partial charge is 0.320 e. The summed E-state index contributed by atoms with van der Waals surface area (Å²) in [6.07, 6.45) is 0. The molecular formula is C16H14FNS. The molecule has 2 N–H and O–H groups in total. The van der Waals surface area contributed by atoms with Crippen molar-refractivity contribution in [3.05, 3.63) is 65.5 Å². The standard InChI is InChI=1S/C16H14FNS/c17-15-8-3-9-16(11-15)19-12-14-6-2-1-5-13(14)7-4-10-18/h1-3,5-6,8-9,11H,10,12,18H2. The van der Waals surface area contributed by atoms with Crippen LogP contribution in [0.25, 0.3) is 0 Å². The quantitative estimate of drug-likeness (QED) is 0.683. The highest BCUT2D eigenvalue weighted by molar-refractivity contribution is 7.98. The van der Waals surface area contributed by atoms with Gasteiger partial charge < -0.3 is 5.73 Å². The van der Waals surface area contributed by atoms with Gasteiger partial charge in [-0.2, -0.15) is 0 Å². The third-order valence-corrected chi connectivity index (χ3v) is 3.58. The van der Waals surface area contributed by atoms with E-state index in [2.05, 4.69) is 11.8 Å². The molecule has 96 valence electrons. The molecule has 0 atom stereocenters. The average Bonchev–Trinajstić information content (AvgIpc) is 2.44. The Kier molecular flexibility index (Phi) is 5.02. The van der Waals surface area contributed by atoms with Crippen molar-refractivity contribution >= 4 is 11.8 Å². The lowest BCUT2D eigenvalue weighted by Crippen LogP contribution is -1.94. The van der Waals surface area contributed by atoms with Crippen molar-refractivity contribution in [1.82, 2.24) is 0 Å². The van der Waals surface area contributed by atoms with Crippen molar-refractivity contribution in [2.75, 3.05) is 6.54 Å². The molecule has 0 aliphatic heterocycles. The van der Waals surface area contributed by atoms with E-state index in [0.29, 0.717) is 6.54 Å². The number of benzene rings is 2. The Morgan fingerprint density at radius 3 is 2.74 bits per heavy atom. The molecule has 0 heterocycles. The number of halogens is 1. The fraction of sp³-hybridized carbons (Fsp3) is 0.125. The topological polar surface area (TPSA) is 26.0 Å². The maximum Gasteiger partial charge on any atom is 0.124 e. The summed E-state index contributed by atoms with van der Waals surface area (Å²) < 4.78 is 13.1. The van der Waals surface area contributed by atoms with Gasteiger partial charge in [0.1, 0.15) is 5.82 Å². The van der Waals surface area contributed by atoms with Gasteiger partial charge in [0.2, 0.25) is 0 Å². The Morgan fingerprint density at radius 2 is 1.95 bits per heavy atom. The molecular weight excluding hydrogens is 257 g/mol. The molecule has 0 fully saturated rings. The van der Waals surface area contributed by atoms with Crippen LogP contribution in [0.4, 0.5) is 4.39 Å². The average molecular weight is 271 g/mol. The van der Waals surface area contributed by atoms with E-state index in [9.17, 15) is 4.39 Å². The summed E-state index contributed by atoms with van der Waals surface area (Å²) in [5.41, 5.74) is 7.51. The van der Waals surface area contributed by atoms with Crippen molar-refractivity contribution in [3.8, 4) is 11.8 Å². The molecule has 0 aliphatic carbocycles. The molecule has 0 saturated heterocycles. The lowest BCUT2D eigenvalue weighted by atomic mass is 10.1. The number of thioether (sulfide) groups is 1. The van der Waals surface area contributed by atoms with Gasteiger partial charge in [0.15, 0.2) is 0 Å². The van der Waals surface area contributed by atoms with Crippen molar-refractivity contribution < 1.29 is 4.39 Å². The highest BCUT2D eigenvalue weighted by atomic mass is 32.2. The van der Waals surface area contributed by atoms with Crippen LogP contribution in [0.15, 0.2) is 53.4 Å². The summed E-state index contributed by atoms with van der Waals surface area (Å²) in [5, 5.41) is 0. The Hall–Kier alpha value is -1.76. The molecule has 1 nitrogen and oxygen atoms in total. The maximum absolute atomic E-state index is 13.1. The van der Waals surface area contributed by atoms with Crippen LogP contribution in [0.3, 0.4) is 0 Å². The zero-order chi connectivity index (χ0) is 13.5. The number of hydrogen-bond acceptors (Lipinski definition) is 2. The monoisotopic (exact) mass is 271 g/mol. The molecule has 0 bridgehead atoms. The fourth-order valence-electron chi connectivity index (χ4n) is 1.63. The molecule has 0 unspecified atom stereocenters. The minimum atomic E-state index is -0.207. The fourth-order valence-corrected chi connectivity index (χ4v) is 2.58. The zero-order valence-corrected chi connectivity index (χ0v) is 11.2. The Morgan fingerprint density at radius 1 is 1.11 bits per heavy atom. The van der Waals surface area contributed by atoms with Crippen LogP contribution in [0.2, 0.25) is 0 Å². The van der Waals surface area contributed by atoms with Crippen LogP contribution < -0.4 is 5.73 Å². The predicted octanol–water partition coefficient (Wildman–Crippen LogP) is 3.43. The highest BCUT2D eigenvalue weighted by Crippen LogP contribution is 2.24. The molecule has 0 aliphatic rings. The SMILES string of the molecule is NCC#Cc1ccccc1CSc1cccc(F)c1. The Bertz CT molecular complexity index is 613. The summed E-state index contributed by atoms with van der Waals surface area (Å²) in [6, 6.07) is 14.6. The molecule has 3 heteroatoms. The minimum Gasteiger partial charge on any atom is -0.320 e. The van der Waals surface area contributed by atoms with E-state index >= 15 is 0 Å². The second-order valence-corrected chi connectivity index (χ2v) is 4.96. The zero-order valence-electron chi connectivity index (χ0n) is 10.4. The molecule has 0 radical (unpaired) electrons. The van der Waals surface area contributed by atoms with Gasteiger partial charge in [0.05, 0.1) is 6.54 Å². The van der Waals surface area contributed by atoms with Crippen LogP contribution in [0, 0.1) is 17.7 Å². The van der Waals surface area contributed by atoms with Crippen LogP contribution >= 0.6 is 11.8 Å². The second kappa shape index (κ2) is 6.98. The van der Waals surface area contributed by atoms with E-state index in [1.54, 1.807) is 23.9 Å². The van der Waals surface area contributed by atoms with E-state index < -0.39 is 0 Å². The van der Waals surface area contributed by atoms with Gasteiger partial charge in [-0.25, -0.2) is 4.39 Å². The molecule has 2 aromatic carbocycles. The maximum atomic E-state index is 13.1. The normalized spacial score (nSPS) is 9.79. The lowest BCUT2D eigenvalue weighted by molar-refractivity contribution is 0.624. The molecule has 2 aromatic rings. The first-order valence-corrected chi connectivity index (χ1v) is 6.93. The first kappa shape index (κ1) is 13.7. The molecule has 0 saturated carbocycles. The van der Waals surface area contributed by atoms with Crippen molar-refractivity contribution in [2.45, 2.75) is 10.6 Å². The van der Waals surface area contributed by atoms with Gasteiger partial charge in [0.25, 0.3) is 0 Å². The summed E-state index contributed by atoms with van der Waals surface area (Å²) in [5.74, 6) is 6.47. The number of hydrogen-bond donors (Lipinski definition) is 1. The van der Waals surface area contributed by atoms with Gasteiger partial charge in [-0.3, -0.25) is 0 Å². The van der Waals surface area contributed by atoms with Crippen molar-refractivity contribution in [3.63, 3.8) is 0 Å². The first-order chi connectivity index (χ1) is 9.29. The molecule has 0 spiro atoms. The van der Waals surface area contributed by atoms with Gasteiger partial charge in [0, 0.05) is 16.2 Å². The van der Waals surface area contributed by atoms with E-state index in [4.69, 9.17) is 5.73 Å². The minimum absolute atomic E-state index is 0.207. The summed E-state index contributed by atoms with van der Waals surface area (Å²) in [6.45, 7) is 0.353. The third-order valence-electron chi connectivity index (χ3n) is 2.53. The Balaban J connectivity index is 2.11. The van der Waals surface area contributed by atoms with E-state index in [1.165, 1.54) is 6.07 Å². The van der Waals surface area contributed by atoms with Crippen LogP contribution in [0.1, 0.15) is 11.1 Å². The molecule has 0 amide bonds. The van der Waals surface area contributed by atoms with Gasteiger partial charge >= 0.3 is 0 Å². The summed E-state index contributed by atoms with van der Waals surface area (Å²) in [7, 11) is 0. The molecule has 0 aromatic heterocycles. The van der Waals surface area contributed by atoms with Crippen molar-refractivity contribution in [2.24, 2.45) is 5.73 Å². The first-order valence-electron chi connectivity index (χ1n) is 5.95. The lowest BCUT2D eigenvalue weighted by Gasteiger charge is -2.04. The molecule has 19 heavy (non-hydrogen) atoms. The van der Waals surface area contributed by atoms with Gasteiger partial charge in [-0.05, 0) is 29.8 Å².